The van der Waals surface area contributed by atoms with E-state index in [9.17, 15) is 0 Å². The molecule has 0 atom stereocenters. The maximum absolute atomic E-state index is 8.52. The standard InChI is InChI=1S/In.3H2O4S.2Sb.9H/c;3*1-5(2,3)4;;;;;;;;;;;/h;3*(H2,1,2,3,4);;;;;;;;;;;/q;;;;2*+3;;;;;;;;;/p-6. The van der Waals surface area contributed by atoms with Crippen LogP contribution in [0.5, 0.6) is 0 Å². The number of hydrogen-bond donors (Lipinski definition) is 0. The second-order valence-corrected chi connectivity index (χ2v) is 3.67. The van der Waals surface area contributed by atoms with E-state index in [2.05, 4.69) is 0 Å². The molecular weight excluding hydrogens is 647 g/mol. The van der Waals surface area contributed by atoms with Gasteiger partial charge in [0.2, 0.25) is 0 Å². The van der Waals surface area contributed by atoms with Crippen LogP contribution >= 0.6 is 0 Å². The predicted molar refractivity (Wildman–Crippen MR) is 61.2 cm³/mol. The Hall–Kier alpha value is 2.12. The van der Waals surface area contributed by atoms with Gasteiger partial charge in [-0.25, -0.2) is 0 Å². The van der Waals surface area contributed by atoms with Crippen LogP contribution < -0.4 is 0 Å². The molecule has 0 aliphatic carbocycles. The van der Waals surface area contributed by atoms with Crippen molar-refractivity contribution in [3.63, 3.8) is 0 Å². The normalized spacial score (nSPS) is 9.67. The van der Waals surface area contributed by atoms with Crippen LogP contribution in [0.4, 0.5) is 0 Å². The Labute approximate surface area is 156 Å². The van der Waals surface area contributed by atoms with Gasteiger partial charge in [0.25, 0.3) is 0 Å². The zero-order valence-electron chi connectivity index (χ0n) is 7.54. The summed E-state index contributed by atoms with van der Waals surface area (Å²) < 4.78 is 102. The molecule has 0 bridgehead atoms. The van der Waals surface area contributed by atoms with Gasteiger partial charge in [0.05, 0.1) is 0 Å². The molecule has 0 unspecified atom stereocenters. The fourth-order valence-corrected chi connectivity index (χ4v) is 0. The Morgan fingerprint density at radius 3 is 0.444 bits per heavy atom. The molecule has 0 aliphatic heterocycles. The van der Waals surface area contributed by atoms with Crippen LogP contribution in [0, 0.1) is 0 Å². The molecule has 18 heteroatoms. The molecule has 0 saturated heterocycles. The molecule has 0 aromatic carbocycles. The van der Waals surface area contributed by atoms with Crippen LogP contribution in [0.2, 0.25) is 0 Å². The third kappa shape index (κ3) is 1180. The second kappa shape index (κ2) is 15.5. The molecule has 0 saturated carbocycles. The Balaban J connectivity index is -0.0000000277. The molecule has 0 fully saturated rings. The molecule has 0 spiro atoms. The van der Waals surface area contributed by atoms with E-state index < -0.39 is 31.2 Å². The minimum absolute atomic E-state index is 0. The summed E-state index contributed by atoms with van der Waals surface area (Å²) in [5.74, 6) is 0. The van der Waals surface area contributed by atoms with E-state index in [-0.39, 0.29) is 74.7 Å². The summed E-state index contributed by atoms with van der Waals surface area (Å²) in [5.41, 5.74) is 0. The van der Waals surface area contributed by atoms with Crippen LogP contribution in [0.3, 0.4) is 0 Å². The second-order valence-electron chi connectivity index (χ2n) is 1.22. The van der Waals surface area contributed by atoms with Crippen molar-refractivity contribution in [1.82, 2.24) is 0 Å². The maximum atomic E-state index is 8.52. The molecule has 112 valence electrons. The van der Waals surface area contributed by atoms with Crippen LogP contribution in [0.1, 0.15) is 0 Å². The van der Waals surface area contributed by atoms with Crippen molar-refractivity contribution in [2.75, 3.05) is 0 Å². The van der Waals surface area contributed by atoms with E-state index >= 15 is 0 Å². The average molecular weight is 656 g/mol. The summed E-state index contributed by atoms with van der Waals surface area (Å²) in [6.07, 6.45) is 0. The third-order valence-electron chi connectivity index (χ3n) is 0. The topological polar surface area (TPSA) is 241 Å². The van der Waals surface area contributed by atoms with Crippen molar-refractivity contribution in [1.29, 1.82) is 0 Å². The quantitative estimate of drug-likeness (QED) is 0.134. The van der Waals surface area contributed by atoms with E-state index in [4.69, 9.17) is 52.6 Å². The van der Waals surface area contributed by atoms with Gasteiger partial charge in [-0.15, -0.1) is 0 Å². The molecule has 0 heterocycles. The average Bonchev–Trinajstić information content (AvgIpc) is 1.41. The zero-order valence-corrected chi connectivity index (χ0v) is 18.1. The SMILES string of the molecule is O=S(=O)([O-])[O-].O=S(=O)([O-])[O-].O=S(=O)([O-])[O-].[InH3].[SbH3+3].[SbH3+3]. The summed E-state index contributed by atoms with van der Waals surface area (Å²) in [7, 11) is -15.5. The molecule has 0 N–H and O–H groups in total. The minimum atomic E-state index is -5.17. The summed E-state index contributed by atoms with van der Waals surface area (Å²) in [4.78, 5) is 0. The van der Waals surface area contributed by atoms with Gasteiger partial charge in [0.15, 0.2) is 0 Å². The fourth-order valence-electron chi connectivity index (χ4n) is 0. The predicted octanol–water partition coefficient (Wildman–Crippen LogP) is -7.57. The van der Waals surface area contributed by atoms with Gasteiger partial charge >= 0.3 is 74.7 Å². The van der Waals surface area contributed by atoms with Gasteiger partial charge in [-0.1, -0.05) is 0 Å². The molecule has 0 aromatic heterocycles. The van der Waals surface area contributed by atoms with Gasteiger partial charge in [-0.3, -0.25) is 25.3 Å². The summed E-state index contributed by atoms with van der Waals surface area (Å²) in [6.45, 7) is 0. The number of rotatable bonds is 0. The molecule has 6 radical (unpaired) electrons. The van der Waals surface area contributed by atoms with E-state index in [1.54, 1.807) is 0 Å². The first kappa shape index (κ1) is 36.9. The summed E-state index contributed by atoms with van der Waals surface area (Å²) >= 11 is 0. The van der Waals surface area contributed by atoms with Gasteiger partial charge in [0.1, 0.15) is 0 Å². The first-order valence-corrected chi connectivity index (χ1v) is 6.00. The molecule has 0 rings (SSSR count). The van der Waals surface area contributed by atoms with E-state index in [1.165, 1.54) is 0 Å². The summed E-state index contributed by atoms with van der Waals surface area (Å²) in [5, 5.41) is 0. The van der Waals surface area contributed by atoms with Gasteiger partial charge < -0.3 is 27.3 Å². The van der Waals surface area contributed by atoms with Crippen LogP contribution in [0.25, 0.3) is 0 Å². The Bertz CT molecular complexity index is 346. The van der Waals surface area contributed by atoms with Crippen molar-refractivity contribution in [2.24, 2.45) is 0 Å². The van der Waals surface area contributed by atoms with Gasteiger partial charge in [-0.05, 0) is 0 Å². The van der Waals surface area contributed by atoms with E-state index in [0.29, 0.717) is 0 Å². The van der Waals surface area contributed by atoms with Crippen molar-refractivity contribution in [3.05, 3.63) is 0 Å². The molecular formula is H9InO12S3Sb2. The molecule has 0 aromatic rings. The fraction of sp³-hybridized carbons (Fsp3) is 0. The van der Waals surface area contributed by atoms with E-state index in [0.717, 1.165) is 0 Å². The molecule has 18 heavy (non-hydrogen) atoms. The van der Waals surface area contributed by atoms with Crippen LogP contribution in [-0.2, 0) is 31.2 Å². The Morgan fingerprint density at radius 2 is 0.444 bits per heavy atom. The van der Waals surface area contributed by atoms with Crippen molar-refractivity contribution < 1.29 is 52.6 Å². The molecule has 0 aliphatic rings. The molecule has 0 amide bonds. The Kier molecular flexibility index (Phi) is 31.8. The van der Waals surface area contributed by atoms with Crippen LogP contribution in [-0.4, -0.2) is 127 Å². The summed E-state index contributed by atoms with van der Waals surface area (Å²) in [6, 6.07) is 0. The third-order valence-corrected chi connectivity index (χ3v) is 0. The first-order chi connectivity index (χ1) is 6.00. The van der Waals surface area contributed by atoms with Gasteiger partial charge in [-0.2, -0.15) is 0 Å². The van der Waals surface area contributed by atoms with Crippen molar-refractivity contribution in [3.8, 4) is 0 Å². The zero-order chi connectivity index (χ0) is 13.5. The monoisotopic (exact) mass is 654 g/mol. The first-order valence-electron chi connectivity index (χ1n) is 2.00. The van der Waals surface area contributed by atoms with Crippen molar-refractivity contribution >= 4 is 106 Å². The van der Waals surface area contributed by atoms with E-state index in [1.807, 2.05) is 0 Å². The van der Waals surface area contributed by atoms with Crippen LogP contribution in [0.15, 0.2) is 0 Å². The number of hydrogen-bond acceptors (Lipinski definition) is 12. The van der Waals surface area contributed by atoms with Crippen molar-refractivity contribution in [2.45, 2.75) is 0 Å². The van der Waals surface area contributed by atoms with Gasteiger partial charge in [0, 0.05) is 31.2 Å². The molecule has 12 nitrogen and oxygen atoms in total. The Morgan fingerprint density at radius 1 is 0.444 bits per heavy atom.